The Labute approximate surface area is 125 Å². The molecule has 6 nitrogen and oxygen atoms in total. The summed E-state index contributed by atoms with van der Waals surface area (Å²) in [6.07, 6.45) is 0. The van der Waals surface area contributed by atoms with E-state index in [9.17, 15) is 14.9 Å². The number of nitro groups is 1. The molecule has 0 atom stereocenters. The van der Waals surface area contributed by atoms with Gasteiger partial charge in [0.25, 0.3) is 5.69 Å². The van der Waals surface area contributed by atoms with E-state index < -0.39 is 10.9 Å². The van der Waals surface area contributed by atoms with Gasteiger partial charge in [0.15, 0.2) is 0 Å². The maximum absolute atomic E-state index is 11.9. The first-order valence-electron chi connectivity index (χ1n) is 6.31. The molecule has 110 valence electrons. The molecule has 0 aliphatic rings. The van der Waals surface area contributed by atoms with Crippen molar-refractivity contribution in [3.8, 4) is 0 Å². The fourth-order valence-corrected chi connectivity index (χ4v) is 2.74. The van der Waals surface area contributed by atoms with Crippen molar-refractivity contribution in [2.45, 2.75) is 13.8 Å². The van der Waals surface area contributed by atoms with Crippen LogP contribution in [0.1, 0.15) is 22.2 Å². The summed E-state index contributed by atoms with van der Waals surface area (Å²) in [5.74, 6) is -0.442. The molecule has 0 aliphatic heterocycles. The van der Waals surface area contributed by atoms with E-state index in [1.165, 1.54) is 17.4 Å². The van der Waals surface area contributed by atoms with Crippen molar-refractivity contribution in [1.82, 2.24) is 0 Å². The first-order chi connectivity index (χ1) is 10.0. The largest absolute Gasteiger partial charge is 0.462 e. The molecular weight excluding hydrogens is 292 g/mol. The van der Waals surface area contributed by atoms with Gasteiger partial charge in [0.05, 0.1) is 17.1 Å². The number of anilines is 2. The van der Waals surface area contributed by atoms with Gasteiger partial charge in [0.1, 0.15) is 10.7 Å². The number of nitro benzene ring substituents is 1. The SMILES string of the molecule is CCOC(=O)c1cc(C)sc1Nc1ccccc1[N+](=O)[O-]. The predicted molar refractivity (Wildman–Crippen MR) is 81.4 cm³/mol. The van der Waals surface area contributed by atoms with Crippen LogP contribution < -0.4 is 5.32 Å². The molecule has 0 amide bonds. The first-order valence-corrected chi connectivity index (χ1v) is 7.12. The van der Waals surface area contributed by atoms with E-state index >= 15 is 0 Å². The number of carbonyl (C=O) groups excluding carboxylic acids is 1. The minimum absolute atomic E-state index is 0.0432. The minimum atomic E-state index is -0.465. The van der Waals surface area contributed by atoms with Crippen LogP contribution in [0.25, 0.3) is 0 Å². The average Bonchev–Trinajstić information content (AvgIpc) is 2.80. The smallest absolute Gasteiger partial charge is 0.341 e. The van der Waals surface area contributed by atoms with Crippen molar-refractivity contribution in [2.24, 2.45) is 0 Å². The van der Waals surface area contributed by atoms with Gasteiger partial charge < -0.3 is 10.1 Å². The van der Waals surface area contributed by atoms with Crippen LogP contribution >= 0.6 is 11.3 Å². The Morgan fingerprint density at radius 2 is 2.14 bits per heavy atom. The van der Waals surface area contributed by atoms with Crippen molar-refractivity contribution in [3.05, 3.63) is 50.9 Å². The van der Waals surface area contributed by atoms with Gasteiger partial charge in [-0.2, -0.15) is 0 Å². The highest BCUT2D eigenvalue weighted by Crippen LogP contribution is 2.34. The number of rotatable bonds is 5. The van der Waals surface area contributed by atoms with Crippen LogP contribution in [0.5, 0.6) is 0 Å². The average molecular weight is 306 g/mol. The van der Waals surface area contributed by atoms with Gasteiger partial charge in [-0.15, -0.1) is 11.3 Å². The van der Waals surface area contributed by atoms with Crippen LogP contribution in [0.3, 0.4) is 0 Å². The Kier molecular flexibility index (Phi) is 4.54. The highest BCUT2D eigenvalue weighted by atomic mass is 32.1. The van der Waals surface area contributed by atoms with Gasteiger partial charge in [0, 0.05) is 10.9 Å². The number of nitrogens with zero attached hydrogens (tertiary/aromatic N) is 1. The number of hydrogen-bond donors (Lipinski definition) is 1. The van der Waals surface area contributed by atoms with Gasteiger partial charge in [-0.05, 0) is 26.0 Å². The molecule has 0 saturated heterocycles. The highest BCUT2D eigenvalue weighted by molar-refractivity contribution is 7.16. The summed E-state index contributed by atoms with van der Waals surface area (Å²) in [6.45, 7) is 3.86. The third-order valence-corrected chi connectivity index (χ3v) is 3.67. The number of nitrogens with one attached hydrogen (secondary N) is 1. The van der Waals surface area contributed by atoms with Crippen molar-refractivity contribution >= 4 is 33.7 Å². The number of esters is 1. The number of para-hydroxylation sites is 2. The molecule has 2 aromatic rings. The van der Waals surface area contributed by atoms with E-state index in [1.54, 1.807) is 31.2 Å². The molecule has 0 bridgehead atoms. The summed E-state index contributed by atoms with van der Waals surface area (Å²) in [5, 5.41) is 14.5. The number of ether oxygens (including phenoxy) is 1. The Morgan fingerprint density at radius 1 is 1.43 bits per heavy atom. The molecule has 1 N–H and O–H groups in total. The second-order valence-corrected chi connectivity index (χ2v) is 5.48. The molecule has 21 heavy (non-hydrogen) atoms. The summed E-state index contributed by atoms with van der Waals surface area (Å²) in [5.41, 5.74) is 0.686. The van der Waals surface area contributed by atoms with E-state index in [2.05, 4.69) is 5.32 Å². The van der Waals surface area contributed by atoms with Crippen LogP contribution in [-0.4, -0.2) is 17.5 Å². The number of hydrogen-bond acceptors (Lipinski definition) is 6. The minimum Gasteiger partial charge on any atom is -0.462 e. The molecule has 0 spiro atoms. The number of thiophene rings is 1. The Morgan fingerprint density at radius 3 is 2.81 bits per heavy atom. The summed E-state index contributed by atoms with van der Waals surface area (Å²) in [7, 11) is 0. The van der Waals surface area contributed by atoms with E-state index in [0.29, 0.717) is 16.3 Å². The molecule has 0 aliphatic carbocycles. The lowest BCUT2D eigenvalue weighted by molar-refractivity contribution is -0.383. The molecular formula is C14H14N2O4S. The Bertz CT molecular complexity index is 681. The summed E-state index contributed by atoms with van der Waals surface area (Å²) in [6, 6.07) is 8.00. The normalized spacial score (nSPS) is 10.2. The monoisotopic (exact) mass is 306 g/mol. The number of benzene rings is 1. The van der Waals surface area contributed by atoms with Gasteiger partial charge in [0.2, 0.25) is 0 Å². The summed E-state index contributed by atoms with van der Waals surface area (Å²) < 4.78 is 4.99. The lowest BCUT2D eigenvalue weighted by atomic mass is 10.2. The Hall–Kier alpha value is -2.41. The molecule has 0 radical (unpaired) electrons. The number of aryl methyl sites for hydroxylation is 1. The Balaban J connectivity index is 2.36. The van der Waals surface area contributed by atoms with E-state index in [-0.39, 0.29) is 12.3 Å². The van der Waals surface area contributed by atoms with Gasteiger partial charge >= 0.3 is 5.97 Å². The lowest BCUT2D eigenvalue weighted by Gasteiger charge is -2.07. The highest BCUT2D eigenvalue weighted by Gasteiger charge is 2.19. The summed E-state index contributed by atoms with van der Waals surface area (Å²) >= 11 is 1.35. The predicted octanol–water partition coefficient (Wildman–Crippen LogP) is 3.89. The van der Waals surface area contributed by atoms with E-state index in [1.807, 2.05) is 6.92 Å². The van der Waals surface area contributed by atoms with Crippen molar-refractivity contribution in [2.75, 3.05) is 11.9 Å². The van der Waals surface area contributed by atoms with Crippen LogP contribution in [0.15, 0.2) is 30.3 Å². The topological polar surface area (TPSA) is 81.5 Å². The van der Waals surface area contributed by atoms with Crippen LogP contribution in [0.4, 0.5) is 16.4 Å². The fraction of sp³-hybridized carbons (Fsp3) is 0.214. The maximum Gasteiger partial charge on any atom is 0.341 e. The lowest BCUT2D eigenvalue weighted by Crippen LogP contribution is -2.06. The number of carbonyl (C=O) groups is 1. The molecule has 2 rings (SSSR count). The second-order valence-electron chi connectivity index (χ2n) is 4.22. The van der Waals surface area contributed by atoms with E-state index in [4.69, 9.17) is 4.74 Å². The second kappa shape index (κ2) is 6.36. The standard InChI is InChI=1S/C14H14N2O4S/c1-3-20-14(17)10-8-9(2)21-13(10)15-11-6-4-5-7-12(11)16(18)19/h4-8,15H,3H2,1-2H3. The third kappa shape index (κ3) is 3.38. The van der Waals surface area contributed by atoms with Crippen LogP contribution in [-0.2, 0) is 4.74 Å². The molecule has 0 fully saturated rings. The molecule has 0 unspecified atom stereocenters. The molecule has 7 heteroatoms. The maximum atomic E-state index is 11.9. The van der Waals surface area contributed by atoms with Crippen molar-refractivity contribution < 1.29 is 14.5 Å². The zero-order chi connectivity index (χ0) is 15.4. The molecule has 1 heterocycles. The van der Waals surface area contributed by atoms with Crippen molar-refractivity contribution in [1.29, 1.82) is 0 Å². The molecule has 1 aromatic carbocycles. The van der Waals surface area contributed by atoms with Gasteiger partial charge in [-0.25, -0.2) is 4.79 Å². The zero-order valence-electron chi connectivity index (χ0n) is 11.6. The fourth-order valence-electron chi connectivity index (χ4n) is 1.83. The van der Waals surface area contributed by atoms with Crippen LogP contribution in [0.2, 0.25) is 0 Å². The van der Waals surface area contributed by atoms with Gasteiger partial charge in [-0.1, -0.05) is 12.1 Å². The first kappa shape index (κ1) is 15.0. The molecule has 1 aromatic heterocycles. The quantitative estimate of drug-likeness (QED) is 0.515. The zero-order valence-corrected chi connectivity index (χ0v) is 12.4. The summed E-state index contributed by atoms with van der Waals surface area (Å²) in [4.78, 5) is 23.4. The molecule has 0 saturated carbocycles. The van der Waals surface area contributed by atoms with E-state index in [0.717, 1.165) is 4.88 Å². The van der Waals surface area contributed by atoms with Crippen LogP contribution in [0, 0.1) is 17.0 Å². The third-order valence-electron chi connectivity index (χ3n) is 2.70. The van der Waals surface area contributed by atoms with Gasteiger partial charge in [-0.3, -0.25) is 10.1 Å². The van der Waals surface area contributed by atoms with Crippen molar-refractivity contribution in [3.63, 3.8) is 0 Å².